The molecule has 0 saturated heterocycles. The van der Waals surface area contributed by atoms with Gasteiger partial charge in [-0.3, -0.25) is 9.78 Å². The minimum Gasteiger partial charge on any atom is -0.481 e. The first-order valence-corrected chi connectivity index (χ1v) is 6.64. The normalized spacial score (nSPS) is 10.5. The molecule has 0 fully saturated rings. The molecular formula is C14H15ClN2O3. The van der Waals surface area contributed by atoms with E-state index in [2.05, 4.69) is 10.3 Å². The van der Waals surface area contributed by atoms with Crippen molar-refractivity contribution in [2.45, 2.75) is 6.42 Å². The molecule has 0 radical (unpaired) electrons. The molecule has 1 aromatic carbocycles. The molecule has 2 aromatic rings. The highest BCUT2D eigenvalue weighted by Crippen LogP contribution is 2.29. The molecule has 1 heterocycles. The third-order valence-corrected chi connectivity index (χ3v) is 3.02. The molecule has 0 aliphatic rings. The van der Waals surface area contributed by atoms with E-state index in [-0.39, 0.29) is 19.1 Å². The number of fused-ring (bicyclic) bond motifs is 1. The summed E-state index contributed by atoms with van der Waals surface area (Å²) < 4.78 is 5.47. The molecule has 5 nitrogen and oxygen atoms in total. The number of carbonyl (C=O) groups excluding carboxylic acids is 1. The fourth-order valence-electron chi connectivity index (χ4n) is 1.73. The number of amides is 1. The van der Waals surface area contributed by atoms with Gasteiger partial charge in [0.2, 0.25) is 0 Å². The highest BCUT2D eigenvalue weighted by Gasteiger charge is 2.08. The summed E-state index contributed by atoms with van der Waals surface area (Å²) in [5.74, 6) is 0.278. The number of halogens is 1. The number of carbonyl (C=O) groups is 1. The van der Waals surface area contributed by atoms with Crippen LogP contribution in [0.2, 0.25) is 5.02 Å². The van der Waals surface area contributed by atoms with Gasteiger partial charge in [-0.1, -0.05) is 11.6 Å². The standard InChI is InChI=1S/C14H15ClN2O3/c15-11-4-5-12(14-10(11)3-1-6-17-14)20-9-13(19)16-7-2-8-18/h1,3-6,18H,2,7-9H2,(H,16,19). The van der Waals surface area contributed by atoms with Crippen LogP contribution in [0.4, 0.5) is 0 Å². The lowest BCUT2D eigenvalue weighted by Crippen LogP contribution is -2.30. The second-order valence-electron chi connectivity index (χ2n) is 4.16. The Hall–Kier alpha value is -1.85. The number of hydrogen-bond acceptors (Lipinski definition) is 4. The zero-order valence-electron chi connectivity index (χ0n) is 10.8. The van der Waals surface area contributed by atoms with Crippen molar-refractivity contribution in [1.29, 1.82) is 0 Å². The van der Waals surface area contributed by atoms with E-state index in [0.29, 0.717) is 29.3 Å². The summed E-state index contributed by atoms with van der Waals surface area (Å²) in [4.78, 5) is 15.8. The summed E-state index contributed by atoms with van der Waals surface area (Å²) in [5.41, 5.74) is 0.628. The van der Waals surface area contributed by atoms with Crippen molar-refractivity contribution in [2.24, 2.45) is 0 Å². The maximum atomic E-state index is 11.5. The molecule has 6 heteroatoms. The SMILES string of the molecule is O=C(COc1ccc(Cl)c2cccnc12)NCCCO. The van der Waals surface area contributed by atoms with Gasteiger partial charge in [-0.2, -0.15) is 0 Å². The Kier molecular flexibility index (Phi) is 5.15. The van der Waals surface area contributed by atoms with Gasteiger partial charge in [0.15, 0.2) is 6.61 Å². The van der Waals surface area contributed by atoms with E-state index < -0.39 is 0 Å². The van der Waals surface area contributed by atoms with Crippen molar-refractivity contribution in [3.8, 4) is 5.75 Å². The number of aliphatic hydroxyl groups excluding tert-OH is 1. The largest absolute Gasteiger partial charge is 0.481 e. The van der Waals surface area contributed by atoms with Gasteiger partial charge in [0.1, 0.15) is 11.3 Å². The Morgan fingerprint density at radius 2 is 2.25 bits per heavy atom. The predicted molar refractivity (Wildman–Crippen MR) is 77.0 cm³/mol. The highest BCUT2D eigenvalue weighted by atomic mass is 35.5. The lowest BCUT2D eigenvalue weighted by molar-refractivity contribution is -0.123. The number of pyridine rings is 1. The number of rotatable bonds is 6. The monoisotopic (exact) mass is 294 g/mol. The molecule has 106 valence electrons. The molecule has 20 heavy (non-hydrogen) atoms. The van der Waals surface area contributed by atoms with Crippen LogP contribution in [0.5, 0.6) is 5.75 Å². The molecule has 0 unspecified atom stereocenters. The molecule has 0 aliphatic carbocycles. The van der Waals surface area contributed by atoms with Gasteiger partial charge in [-0.15, -0.1) is 0 Å². The van der Waals surface area contributed by atoms with Gasteiger partial charge in [-0.05, 0) is 30.7 Å². The van der Waals surface area contributed by atoms with Gasteiger partial charge in [0.05, 0.1) is 5.02 Å². The number of nitrogens with zero attached hydrogens (tertiary/aromatic N) is 1. The van der Waals surface area contributed by atoms with Gasteiger partial charge < -0.3 is 15.2 Å². The number of ether oxygens (including phenoxy) is 1. The Balaban J connectivity index is 2.03. The van der Waals surface area contributed by atoms with E-state index in [1.165, 1.54) is 0 Å². The van der Waals surface area contributed by atoms with Crippen molar-refractivity contribution in [3.63, 3.8) is 0 Å². The second kappa shape index (κ2) is 7.07. The summed E-state index contributed by atoms with van der Waals surface area (Å²) in [6.07, 6.45) is 2.17. The van der Waals surface area contributed by atoms with E-state index >= 15 is 0 Å². The van der Waals surface area contributed by atoms with Crippen LogP contribution in [-0.2, 0) is 4.79 Å². The Labute approximate surface area is 121 Å². The molecule has 0 spiro atoms. The third kappa shape index (κ3) is 3.59. The predicted octanol–water partition coefficient (Wildman–Crippen LogP) is 1.77. The Morgan fingerprint density at radius 1 is 1.40 bits per heavy atom. The minimum absolute atomic E-state index is 0.0485. The van der Waals surface area contributed by atoms with Gasteiger partial charge in [0.25, 0.3) is 5.91 Å². The van der Waals surface area contributed by atoms with Crippen LogP contribution in [0.1, 0.15) is 6.42 Å². The smallest absolute Gasteiger partial charge is 0.257 e. The maximum absolute atomic E-state index is 11.5. The van der Waals surface area contributed by atoms with Gasteiger partial charge in [-0.25, -0.2) is 0 Å². The molecule has 0 saturated carbocycles. The summed E-state index contributed by atoms with van der Waals surface area (Å²) in [6.45, 7) is 0.379. The van der Waals surface area contributed by atoms with Crippen molar-refractivity contribution in [3.05, 3.63) is 35.5 Å². The van der Waals surface area contributed by atoms with E-state index in [1.54, 1.807) is 24.4 Å². The zero-order valence-corrected chi connectivity index (χ0v) is 11.6. The van der Waals surface area contributed by atoms with Crippen molar-refractivity contribution < 1.29 is 14.6 Å². The van der Waals surface area contributed by atoms with Crippen LogP contribution in [0.15, 0.2) is 30.5 Å². The number of nitrogens with one attached hydrogen (secondary N) is 1. The van der Waals surface area contributed by atoms with Crippen molar-refractivity contribution >= 4 is 28.4 Å². The third-order valence-electron chi connectivity index (χ3n) is 2.70. The fraction of sp³-hybridized carbons (Fsp3) is 0.286. The molecule has 0 aliphatic heterocycles. The molecule has 1 aromatic heterocycles. The van der Waals surface area contributed by atoms with E-state index in [0.717, 1.165) is 5.39 Å². The molecule has 2 N–H and O–H groups in total. The minimum atomic E-state index is -0.238. The van der Waals surface area contributed by atoms with Crippen LogP contribution in [-0.4, -0.2) is 35.8 Å². The van der Waals surface area contributed by atoms with Gasteiger partial charge in [0, 0.05) is 24.7 Å². The van der Waals surface area contributed by atoms with Gasteiger partial charge >= 0.3 is 0 Å². The molecular weight excluding hydrogens is 280 g/mol. The van der Waals surface area contributed by atoms with E-state index in [9.17, 15) is 4.79 Å². The summed E-state index contributed by atoms with van der Waals surface area (Å²) in [5, 5.41) is 12.6. The van der Waals surface area contributed by atoms with Crippen LogP contribution in [0, 0.1) is 0 Å². The van der Waals surface area contributed by atoms with Crippen LogP contribution >= 0.6 is 11.6 Å². The summed E-state index contributed by atoms with van der Waals surface area (Å²) in [7, 11) is 0. The quantitative estimate of drug-likeness (QED) is 0.797. The zero-order chi connectivity index (χ0) is 14.4. The Morgan fingerprint density at radius 3 is 3.05 bits per heavy atom. The molecule has 2 rings (SSSR count). The van der Waals surface area contributed by atoms with E-state index in [4.69, 9.17) is 21.4 Å². The topological polar surface area (TPSA) is 71.5 Å². The fourth-order valence-corrected chi connectivity index (χ4v) is 1.95. The van der Waals surface area contributed by atoms with E-state index in [1.807, 2.05) is 6.07 Å². The lowest BCUT2D eigenvalue weighted by atomic mass is 10.2. The number of aliphatic hydroxyl groups is 1. The number of hydrogen-bond donors (Lipinski definition) is 2. The first kappa shape index (κ1) is 14.6. The van der Waals surface area contributed by atoms with Crippen LogP contribution < -0.4 is 10.1 Å². The molecule has 1 amide bonds. The molecule has 0 bridgehead atoms. The summed E-state index contributed by atoms with van der Waals surface area (Å²) >= 11 is 6.08. The van der Waals surface area contributed by atoms with Crippen molar-refractivity contribution in [2.75, 3.05) is 19.8 Å². The number of benzene rings is 1. The lowest BCUT2D eigenvalue weighted by Gasteiger charge is -2.09. The summed E-state index contributed by atoms with van der Waals surface area (Å²) in [6, 6.07) is 7.04. The van der Waals surface area contributed by atoms with Crippen LogP contribution in [0.3, 0.4) is 0 Å². The first-order chi connectivity index (χ1) is 9.72. The average molecular weight is 295 g/mol. The first-order valence-electron chi connectivity index (χ1n) is 6.26. The average Bonchev–Trinajstić information content (AvgIpc) is 2.47. The van der Waals surface area contributed by atoms with Crippen LogP contribution in [0.25, 0.3) is 10.9 Å². The van der Waals surface area contributed by atoms with Crippen molar-refractivity contribution in [1.82, 2.24) is 10.3 Å². The molecule has 0 atom stereocenters. The second-order valence-corrected chi connectivity index (χ2v) is 4.57. The highest BCUT2D eigenvalue weighted by molar-refractivity contribution is 6.35. The maximum Gasteiger partial charge on any atom is 0.257 e. The number of aromatic nitrogens is 1. The Bertz CT molecular complexity index is 604.